The highest BCUT2D eigenvalue weighted by Crippen LogP contribution is 2.51. The van der Waals surface area contributed by atoms with Crippen molar-refractivity contribution in [3.8, 4) is 0 Å². The first-order chi connectivity index (χ1) is 18.3. The maximum absolute atomic E-state index is 13.3. The van der Waals surface area contributed by atoms with Gasteiger partial charge in [0.15, 0.2) is 5.78 Å². The molecule has 2 aromatic rings. The first-order valence-electron chi connectivity index (χ1n) is 14.0. The highest BCUT2D eigenvalue weighted by Gasteiger charge is 2.52. The fourth-order valence-corrected chi connectivity index (χ4v) is 6.52. The van der Waals surface area contributed by atoms with Crippen LogP contribution in [0.4, 0.5) is 20.6 Å². The number of fused-ring (bicyclic) bond motifs is 3. The van der Waals surface area contributed by atoms with E-state index >= 15 is 0 Å². The number of hydroxylamine groups is 3. The van der Waals surface area contributed by atoms with Crippen LogP contribution in [0.2, 0.25) is 0 Å². The van der Waals surface area contributed by atoms with Crippen LogP contribution in [0.15, 0.2) is 42.5 Å². The number of carbonyl (C=O) groups is 2. The molecule has 0 radical (unpaired) electrons. The second-order valence-electron chi connectivity index (χ2n) is 10.9. The van der Waals surface area contributed by atoms with Gasteiger partial charge in [0, 0.05) is 51.0 Å². The smallest absolute Gasteiger partial charge is 0.428 e. The Morgan fingerprint density at radius 2 is 1.87 bits per heavy atom. The predicted octanol–water partition coefficient (Wildman–Crippen LogP) is 5.69. The molecule has 0 spiro atoms. The van der Waals surface area contributed by atoms with Gasteiger partial charge in [-0.2, -0.15) is 4.79 Å². The molecule has 0 bridgehead atoms. The molecule has 38 heavy (non-hydrogen) atoms. The fourth-order valence-electron chi connectivity index (χ4n) is 6.52. The summed E-state index contributed by atoms with van der Waals surface area (Å²) in [6.07, 6.45) is 2.44. The fraction of sp³-hybridized carbons (Fsp3) is 0.533. The maximum atomic E-state index is 13.3. The number of ketones is 1. The van der Waals surface area contributed by atoms with Crippen molar-refractivity contribution in [2.45, 2.75) is 64.0 Å². The highest BCUT2D eigenvalue weighted by atomic mass is 19.1. The van der Waals surface area contributed by atoms with Crippen LogP contribution in [0.3, 0.4) is 0 Å². The summed E-state index contributed by atoms with van der Waals surface area (Å²) >= 11 is 0. The molecule has 7 nitrogen and oxygen atoms in total. The lowest BCUT2D eigenvalue weighted by Gasteiger charge is -2.44. The minimum absolute atomic E-state index is 0.0337. The van der Waals surface area contributed by atoms with Crippen molar-refractivity contribution in [3.63, 3.8) is 0 Å². The SMILES string of the molecule is CCC(CC)OC(=O)O[N+]1(CCCC(=O)c2ccc(F)cc2)CC[C@H]2[C@@H](C1)c1cccc3c1N2CCN3C. The Morgan fingerprint density at radius 1 is 1.11 bits per heavy atom. The second-order valence-corrected chi connectivity index (χ2v) is 10.9. The molecule has 3 aliphatic rings. The van der Waals surface area contributed by atoms with E-state index in [1.807, 2.05) is 13.8 Å². The minimum Gasteiger partial charge on any atom is -0.428 e. The number of halogens is 1. The Bertz CT molecular complexity index is 1170. The Hall–Kier alpha value is -3.13. The van der Waals surface area contributed by atoms with Gasteiger partial charge < -0.3 is 14.5 Å². The first kappa shape index (κ1) is 26.5. The van der Waals surface area contributed by atoms with Gasteiger partial charge in [0.2, 0.25) is 0 Å². The van der Waals surface area contributed by atoms with E-state index in [0.29, 0.717) is 44.1 Å². The second kappa shape index (κ2) is 10.9. The number of anilines is 2. The summed E-state index contributed by atoms with van der Waals surface area (Å²) in [4.78, 5) is 36.8. The number of quaternary nitrogens is 1. The Balaban J connectivity index is 1.35. The number of nitrogens with zero attached hydrogens (tertiary/aromatic N) is 3. The average molecular weight is 525 g/mol. The van der Waals surface area contributed by atoms with Crippen LogP contribution in [0.1, 0.15) is 67.8 Å². The number of hydrogen-bond donors (Lipinski definition) is 0. The number of rotatable bonds is 9. The molecule has 0 aliphatic carbocycles. The summed E-state index contributed by atoms with van der Waals surface area (Å²) in [7, 11) is 2.14. The Labute approximate surface area is 224 Å². The van der Waals surface area contributed by atoms with Crippen molar-refractivity contribution in [2.24, 2.45) is 0 Å². The molecule has 2 aromatic carbocycles. The van der Waals surface area contributed by atoms with Crippen molar-refractivity contribution in [1.29, 1.82) is 0 Å². The monoisotopic (exact) mass is 524 g/mol. The molecule has 3 atom stereocenters. The van der Waals surface area contributed by atoms with E-state index in [0.717, 1.165) is 32.4 Å². The van der Waals surface area contributed by atoms with Crippen LogP contribution >= 0.6 is 0 Å². The minimum atomic E-state index is -0.630. The summed E-state index contributed by atoms with van der Waals surface area (Å²) in [5.74, 6) is -0.157. The quantitative estimate of drug-likeness (QED) is 0.239. The van der Waals surface area contributed by atoms with E-state index in [-0.39, 0.29) is 28.3 Å². The van der Waals surface area contributed by atoms with Crippen LogP contribution in [0.5, 0.6) is 0 Å². The van der Waals surface area contributed by atoms with Gasteiger partial charge in [-0.1, -0.05) is 26.0 Å². The standard InChI is InChI=1S/C30H39FN3O4/c1-4-23(5-2)37-30(36)38-34(18-7-10-28(35)21-11-13-22(31)14-12-21)19-15-26-25(20-34)24-8-6-9-27-29(24)33(26)17-16-32(27)3/h6,8-9,11-14,23,25-26H,4-5,7,10,15-20H2,1-3H3/q+1/t25-,26-,34?/m0/s1. The summed E-state index contributed by atoms with van der Waals surface area (Å²) < 4.78 is 19.1. The molecular weight excluding hydrogens is 485 g/mol. The van der Waals surface area contributed by atoms with Gasteiger partial charge in [0.1, 0.15) is 31.6 Å². The number of benzene rings is 2. The molecule has 3 aliphatic heterocycles. The highest BCUT2D eigenvalue weighted by molar-refractivity contribution is 5.95. The average Bonchev–Trinajstić information content (AvgIpc) is 3.23. The lowest BCUT2D eigenvalue weighted by Crippen LogP contribution is -2.60. The molecule has 0 N–H and O–H groups in total. The molecule has 0 amide bonds. The zero-order chi connectivity index (χ0) is 26.9. The normalized spacial score (nSPS) is 23.7. The van der Waals surface area contributed by atoms with Crippen LogP contribution in [0, 0.1) is 5.82 Å². The third-order valence-corrected chi connectivity index (χ3v) is 8.62. The van der Waals surface area contributed by atoms with Crippen molar-refractivity contribution >= 4 is 23.3 Å². The largest absolute Gasteiger partial charge is 0.559 e. The maximum Gasteiger partial charge on any atom is 0.559 e. The van der Waals surface area contributed by atoms with Crippen molar-refractivity contribution in [1.82, 2.24) is 0 Å². The first-order valence-corrected chi connectivity index (χ1v) is 14.0. The predicted molar refractivity (Wildman–Crippen MR) is 145 cm³/mol. The Morgan fingerprint density at radius 3 is 2.61 bits per heavy atom. The van der Waals surface area contributed by atoms with Crippen LogP contribution in [-0.2, 0) is 9.57 Å². The number of ether oxygens (including phenoxy) is 1. The van der Waals surface area contributed by atoms with Crippen molar-refractivity contribution in [2.75, 3.05) is 49.6 Å². The Kier molecular flexibility index (Phi) is 7.61. The van der Waals surface area contributed by atoms with Crippen molar-refractivity contribution < 1.29 is 28.2 Å². The summed E-state index contributed by atoms with van der Waals surface area (Å²) in [5.41, 5.74) is 4.41. The van der Waals surface area contributed by atoms with Gasteiger partial charge in [0.05, 0.1) is 17.3 Å². The zero-order valence-electron chi connectivity index (χ0n) is 22.7. The zero-order valence-corrected chi connectivity index (χ0v) is 22.7. The van der Waals surface area contributed by atoms with E-state index in [4.69, 9.17) is 9.57 Å². The van der Waals surface area contributed by atoms with Gasteiger partial charge in [-0.3, -0.25) is 4.79 Å². The number of likely N-dealkylation sites (N-methyl/N-ethyl adjacent to an activating group) is 1. The van der Waals surface area contributed by atoms with Gasteiger partial charge in [-0.05, 0) is 48.7 Å². The van der Waals surface area contributed by atoms with E-state index in [9.17, 15) is 14.0 Å². The number of hydrogen-bond acceptors (Lipinski definition) is 6. The van der Waals surface area contributed by atoms with E-state index in [1.54, 1.807) is 0 Å². The van der Waals surface area contributed by atoms with Gasteiger partial charge in [-0.25, -0.2) is 9.23 Å². The number of para-hydroxylation sites is 1. The number of likely N-dealkylation sites (tertiary alicyclic amines) is 1. The van der Waals surface area contributed by atoms with Gasteiger partial charge in [0.25, 0.3) is 0 Å². The van der Waals surface area contributed by atoms with Crippen molar-refractivity contribution in [3.05, 3.63) is 59.4 Å². The molecule has 8 heteroatoms. The van der Waals surface area contributed by atoms with Crippen LogP contribution < -0.4 is 9.80 Å². The molecule has 1 saturated heterocycles. The number of Topliss-reactive ketones (excluding diaryl/α,β-unsaturated/α-hetero) is 1. The molecular formula is C30H39FN3O4+. The molecule has 3 heterocycles. The van der Waals surface area contributed by atoms with Crippen LogP contribution in [0.25, 0.3) is 0 Å². The number of carbonyl (C=O) groups excluding carboxylic acids is 2. The summed E-state index contributed by atoms with van der Waals surface area (Å²) in [6, 6.07) is 12.6. The van der Waals surface area contributed by atoms with E-state index in [2.05, 4.69) is 35.0 Å². The molecule has 0 aromatic heterocycles. The summed E-state index contributed by atoms with van der Waals surface area (Å²) in [6.45, 7) is 7.85. The molecule has 5 rings (SSSR count). The number of piperidine rings is 1. The molecule has 204 valence electrons. The van der Waals surface area contributed by atoms with E-state index in [1.165, 1.54) is 41.2 Å². The molecule has 1 unspecified atom stereocenters. The van der Waals surface area contributed by atoms with E-state index < -0.39 is 6.16 Å². The third kappa shape index (κ3) is 5.10. The third-order valence-electron chi connectivity index (χ3n) is 8.62. The van der Waals surface area contributed by atoms with Gasteiger partial charge in [-0.15, -0.1) is 4.65 Å². The summed E-state index contributed by atoms with van der Waals surface area (Å²) in [5, 5.41) is 0. The lowest BCUT2D eigenvalue weighted by atomic mass is 9.88. The lowest BCUT2D eigenvalue weighted by molar-refractivity contribution is -1.09. The molecule has 1 fully saturated rings. The topological polar surface area (TPSA) is 59.1 Å². The van der Waals surface area contributed by atoms with Gasteiger partial charge >= 0.3 is 6.16 Å². The van der Waals surface area contributed by atoms with Crippen LogP contribution in [-0.4, -0.2) is 68.5 Å². The molecule has 0 saturated carbocycles.